The normalized spacial score (nSPS) is 15.6. The average Bonchev–Trinajstić information content (AvgIpc) is 3.50. The Morgan fingerprint density at radius 1 is 1.00 bits per heavy atom. The van der Waals surface area contributed by atoms with Gasteiger partial charge in [0.1, 0.15) is 18.1 Å². The molecule has 192 valence electrons. The van der Waals surface area contributed by atoms with E-state index >= 15 is 0 Å². The van der Waals surface area contributed by atoms with Gasteiger partial charge in [0.15, 0.2) is 5.17 Å². The van der Waals surface area contributed by atoms with Gasteiger partial charge in [0.25, 0.3) is 5.91 Å². The molecule has 10 heteroatoms. The summed E-state index contributed by atoms with van der Waals surface area (Å²) in [6.45, 7) is 0.620. The Morgan fingerprint density at radius 3 is 2.45 bits per heavy atom. The molecule has 0 N–H and O–H groups in total. The van der Waals surface area contributed by atoms with Crippen LogP contribution in [0.3, 0.4) is 0 Å². The number of ether oxygens (including phenoxy) is 1. The van der Waals surface area contributed by atoms with Crippen LogP contribution < -0.4 is 4.74 Å². The molecule has 1 saturated heterocycles. The van der Waals surface area contributed by atoms with E-state index in [1.165, 1.54) is 11.8 Å². The summed E-state index contributed by atoms with van der Waals surface area (Å²) in [5.41, 5.74) is 2.52. The summed E-state index contributed by atoms with van der Waals surface area (Å²) in [6, 6.07) is 22.6. The van der Waals surface area contributed by atoms with E-state index in [1.807, 2.05) is 66.7 Å². The predicted molar refractivity (Wildman–Crippen MR) is 171 cm³/mol. The summed E-state index contributed by atoms with van der Waals surface area (Å²) in [6.07, 6.45) is 3.49. The summed E-state index contributed by atoms with van der Waals surface area (Å²) in [5.74, 6) is 1.33. The Bertz CT molecular complexity index is 1520. The molecule has 1 aliphatic heterocycles. The zero-order valence-corrected chi connectivity index (χ0v) is 26.2. The number of halogens is 4. The molecule has 0 aliphatic carbocycles. The summed E-state index contributed by atoms with van der Waals surface area (Å²) >= 11 is 18.1. The maximum atomic E-state index is 13.5. The van der Waals surface area contributed by atoms with Crippen LogP contribution in [0.4, 0.5) is 5.69 Å². The molecule has 1 aromatic heterocycles. The fourth-order valence-corrected chi connectivity index (χ4v) is 7.23. The fourth-order valence-electron chi connectivity index (χ4n) is 3.64. The number of nitrogens with zero attached hydrogens (tertiary/aromatic N) is 2. The van der Waals surface area contributed by atoms with E-state index in [2.05, 4.69) is 45.2 Å². The van der Waals surface area contributed by atoms with Crippen LogP contribution >= 0.6 is 80.1 Å². The minimum atomic E-state index is -0.121. The fraction of sp³-hybridized carbons (Fsp3) is 0.0714. The van der Waals surface area contributed by atoms with Crippen LogP contribution in [-0.4, -0.2) is 16.0 Å². The third-order valence-electron chi connectivity index (χ3n) is 5.47. The SMILES string of the molecule is O=C1/C(=C/c2cc(I)c(OCc3ccc(Cl)cc3Cl)c(I)c2)SC(=Nc2ccccc2)N1Cc1ccco1. The third kappa shape index (κ3) is 6.59. The number of rotatable bonds is 7. The van der Waals surface area contributed by atoms with Crippen LogP contribution in [-0.2, 0) is 17.9 Å². The highest BCUT2D eigenvalue weighted by molar-refractivity contribution is 14.1. The standard InChI is InChI=1S/C28H18Cl2I2N2O3S/c29-19-9-8-18(22(30)14-19)16-37-26-23(31)11-17(12-24(26)32)13-25-27(35)34(15-21-7-4-10-36-21)28(38-25)33-20-5-2-1-3-6-20/h1-14H,15-16H2/b25-13-,33-28?. The lowest BCUT2D eigenvalue weighted by Gasteiger charge is -2.14. The second-order valence-electron chi connectivity index (χ2n) is 8.15. The van der Waals surface area contributed by atoms with E-state index in [4.69, 9.17) is 37.3 Å². The Balaban J connectivity index is 1.40. The largest absolute Gasteiger partial charge is 0.487 e. The number of thioether (sulfide) groups is 1. The van der Waals surface area contributed by atoms with Crippen LogP contribution in [0.2, 0.25) is 10.0 Å². The minimum Gasteiger partial charge on any atom is -0.487 e. The smallest absolute Gasteiger partial charge is 0.267 e. The topological polar surface area (TPSA) is 55.0 Å². The molecular weight excluding hydrogens is 769 g/mol. The molecule has 0 spiro atoms. The minimum absolute atomic E-state index is 0.121. The molecule has 4 aromatic rings. The lowest BCUT2D eigenvalue weighted by Crippen LogP contribution is -2.28. The van der Waals surface area contributed by atoms with Crippen molar-refractivity contribution < 1.29 is 13.9 Å². The number of hydrogen-bond acceptors (Lipinski definition) is 5. The summed E-state index contributed by atoms with van der Waals surface area (Å²) in [5, 5.41) is 1.75. The van der Waals surface area contributed by atoms with E-state index in [1.54, 1.807) is 23.3 Å². The highest BCUT2D eigenvalue weighted by Crippen LogP contribution is 2.37. The summed E-state index contributed by atoms with van der Waals surface area (Å²) < 4.78 is 13.5. The van der Waals surface area contributed by atoms with E-state index in [0.717, 1.165) is 29.7 Å². The van der Waals surface area contributed by atoms with Gasteiger partial charge in [0, 0.05) is 15.6 Å². The van der Waals surface area contributed by atoms with Crippen molar-refractivity contribution in [3.05, 3.63) is 118 Å². The van der Waals surface area contributed by atoms with Gasteiger partial charge < -0.3 is 9.15 Å². The zero-order chi connectivity index (χ0) is 26.6. The lowest BCUT2D eigenvalue weighted by molar-refractivity contribution is -0.122. The van der Waals surface area contributed by atoms with Crippen molar-refractivity contribution >= 4 is 103 Å². The number of amides is 1. The molecular formula is C28H18Cl2I2N2O3S. The number of carbonyl (C=O) groups is 1. The van der Waals surface area contributed by atoms with Crippen molar-refractivity contribution in [3.63, 3.8) is 0 Å². The van der Waals surface area contributed by atoms with Crippen LogP contribution in [0.15, 0.2) is 93.4 Å². The lowest BCUT2D eigenvalue weighted by atomic mass is 10.2. The zero-order valence-electron chi connectivity index (χ0n) is 19.5. The molecule has 0 radical (unpaired) electrons. The third-order valence-corrected chi connectivity index (χ3v) is 8.66. The number of carbonyl (C=O) groups excluding carboxylic acids is 1. The van der Waals surface area contributed by atoms with Crippen LogP contribution in [0.25, 0.3) is 6.08 Å². The first-order valence-corrected chi connectivity index (χ1v) is 15.0. The molecule has 2 heterocycles. The van der Waals surface area contributed by atoms with E-state index in [9.17, 15) is 4.79 Å². The van der Waals surface area contributed by atoms with Gasteiger partial charge in [-0.15, -0.1) is 0 Å². The molecule has 5 nitrogen and oxygen atoms in total. The second-order valence-corrected chi connectivity index (χ2v) is 12.3. The quantitative estimate of drug-likeness (QED) is 0.139. The van der Waals surface area contributed by atoms with Gasteiger partial charge >= 0.3 is 0 Å². The van der Waals surface area contributed by atoms with Gasteiger partial charge in [-0.25, -0.2) is 4.99 Å². The molecule has 1 amide bonds. The Morgan fingerprint density at radius 2 is 1.76 bits per heavy atom. The molecule has 0 bridgehead atoms. The van der Waals surface area contributed by atoms with Crippen molar-refractivity contribution in [2.75, 3.05) is 0 Å². The van der Waals surface area contributed by atoms with Crippen molar-refractivity contribution in [3.8, 4) is 5.75 Å². The first kappa shape index (κ1) is 27.6. The van der Waals surface area contributed by atoms with Gasteiger partial charge in [-0.2, -0.15) is 0 Å². The van der Waals surface area contributed by atoms with E-state index in [0.29, 0.717) is 39.0 Å². The first-order chi connectivity index (χ1) is 18.4. The molecule has 1 fully saturated rings. The number of amidine groups is 1. The van der Waals surface area contributed by atoms with Crippen LogP contribution in [0.5, 0.6) is 5.75 Å². The number of aliphatic imine (C=N–C) groups is 1. The van der Waals surface area contributed by atoms with Crippen molar-refractivity contribution in [2.24, 2.45) is 4.99 Å². The Hall–Kier alpha value is -1.99. The van der Waals surface area contributed by atoms with Crippen molar-refractivity contribution in [1.82, 2.24) is 4.90 Å². The van der Waals surface area contributed by atoms with Gasteiger partial charge in [-0.05, 0) is 117 Å². The van der Waals surface area contributed by atoms with Gasteiger partial charge in [0.05, 0.1) is 30.5 Å². The summed E-state index contributed by atoms with van der Waals surface area (Å²) in [4.78, 5) is 20.4. The van der Waals surface area contributed by atoms with Crippen molar-refractivity contribution in [2.45, 2.75) is 13.2 Å². The van der Waals surface area contributed by atoms with E-state index in [-0.39, 0.29) is 5.91 Å². The van der Waals surface area contributed by atoms with Gasteiger partial charge in [-0.1, -0.05) is 47.5 Å². The molecule has 0 atom stereocenters. The molecule has 0 unspecified atom stereocenters. The molecule has 3 aromatic carbocycles. The Labute approximate surface area is 261 Å². The molecule has 38 heavy (non-hydrogen) atoms. The van der Waals surface area contributed by atoms with Gasteiger partial charge in [-0.3, -0.25) is 9.69 Å². The summed E-state index contributed by atoms with van der Waals surface area (Å²) in [7, 11) is 0. The number of furan rings is 1. The Kier molecular flexibility index (Phi) is 9.04. The second kappa shape index (κ2) is 12.5. The first-order valence-electron chi connectivity index (χ1n) is 11.3. The van der Waals surface area contributed by atoms with Crippen molar-refractivity contribution in [1.29, 1.82) is 0 Å². The average molecular weight is 787 g/mol. The number of benzene rings is 3. The number of para-hydroxylation sites is 1. The maximum absolute atomic E-state index is 13.5. The molecule has 0 saturated carbocycles. The molecule has 5 rings (SSSR count). The van der Waals surface area contributed by atoms with Gasteiger partial charge in [0.2, 0.25) is 0 Å². The highest BCUT2D eigenvalue weighted by Gasteiger charge is 2.34. The highest BCUT2D eigenvalue weighted by atomic mass is 127. The van der Waals surface area contributed by atoms with E-state index < -0.39 is 0 Å². The number of hydrogen-bond donors (Lipinski definition) is 0. The predicted octanol–water partition coefficient (Wildman–Crippen LogP) is 9.18. The maximum Gasteiger partial charge on any atom is 0.267 e. The van der Waals surface area contributed by atoms with Crippen LogP contribution in [0, 0.1) is 7.14 Å². The molecule has 1 aliphatic rings. The van der Waals surface area contributed by atoms with Crippen LogP contribution in [0.1, 0.15) is 16.9 Å². The monoisotopic (exact) mass is 786 g/mol.